The molecule has 1 unspecified atom stereocenters. The van der Waals surface area contributed by atoms with Crippen molar-refractivity contribution in [2.45, 2.75) is 39.0 Å². The standard InChI is InChI=1S/C13H25N3O2/c1-2-4-11-5-3-7-16(8-6-11)13(18)10-15-12(17)9-14/h11H,2-10,14H2,1H3,(H,15,17). The topological polar surface area (TPSA) is 75.4 Å². The van der Waals surface area contributed by atoms with Crippen LogP contribution in [0, 0.1) is 5.92 Å². The van der Waals surface area contributed by atoms with Crippen LogP contribution in [-0.2, 0) is 9.59 Å². The van der Waals surface area contributed by atoms with E-state index in [1.165, 1.54) is 19.3 Å². The smallest absolute Gasteiger partial charge is 0.241 e. The van der Waals surface area contributed by atoms with Gasteiger partial charge in [-0.15, -0.1) is 0 Å². The summed E-state index contributed by atoms with van der Waals surface area (Å²) in [5.41, 5.74) is 5.18. The Morgan fingerprint density at radius 1 is 1.33 bits per heavy atom. The van der Waals surface area contributed by atoms with Gasteiger partial charge in [-0.1, -0.05) is 19.8 Å². The van der Waals surface area contributed by atoms with Crippen molar-refractivity contribution in [3.8, 4) is 0 Å². The van der Waals surface area contributed by atoms with Crippen LogP contribution in [0.4, 0.5) is 0 Å². The first-order valence-electron chi connectivity index (χ1n) is 6.92. The van der Waals surface area contributed by atoms with Gasteiger partial charge in [-0.05, 0) is 25.2 Å². The Hall–Kier alpha value is -1.10. The van der Waals surface area contributed by atoms with E-state index < -0.39 is 0 Å². The predicted molar refractivity (Wildman–Crippen MR) is 70.9 cm³/mol. The van der Waals surface area contributed by atoms with Gasteiger partial charge in [0.25, 0.3) is 0 Å². The molecule has 5 nitrogen and oxygen atoms in total. The van der Waals surface area contributed by atoms with Gasteiger partial charge in [0.1, 0.15) is 0 Å². The molecule has 0 aromatic rings. The Labute approximate surface area is 109 Å². The molecule has 5 heteroatoms. The average molecular weight is 255 g/mol. The van der Waals surface area contributed by atoms with Gasteiger partial charge in [0, 0.05) is 13.1 Å². The monoisotopic (exact) mass is 255 g/mol. The van der Waals surface area contributed by atoms with Crippen LogP contribution in [0.15, 0.2) is 0 Å². The molecule has 0 saturated carbocycles. The molecule has 2 amide bonds. The number of carbonyl (C=O) groups excluding carboxylic acids is 2. The molecule has 0 aliphatic carbocycles. The minimum Gasteiger partial charge on any atom is -0.346 e. The van der Waals surface area contributed by atoms with E-state index in [4.69, 9.17) is 5.73 Å². The second-order valence-corrected chi connectivity index (χ2v) is 4.95. The summed E-state index contributed by atoms with van der Waals surface area (Å²) in [5.74, 6) is 0.488. The van der Waals surface area contributed by atoms with Gasteiger partial charge in [-0.2, -0.15) is 0 Å². The van der Waals surface area contributed by atoms with E-state index in [-0.39, 0.29) is 24.9 Å². The van der Waals surface area contributed by atoms with E-state index in [2.05, 4.69) is 12.2 Å². The van der Waals surface area contributed by atoms with Crippen LogP contribution in [0.25, 0.3) is 0 Å². The molecular weight excluding hydrogens is 230 g/mol. The van der Waals surface area contributed by atoms with Crippen molar-refractivity contribution in [1.29, 1.82) is 0 Å². The summed E-state index contributed by atoms with van der Waals surface area (Å²) in [4.78, 5) is 24.8. The Balaban J connectivity index is 2.33. The second kappa shape index (κ2) is 8.08. The molecular formula is C13H25N3O2. The lowest BCUT2D eigenvalue weighted by Gasteiger charge is -2.20. The van der Waals surface area contributed by atoms with Gasteiger partial charge in [0.15, 0.2) is 0 Å². The molecule has 0 bridgehead atoms. The third-order valence-corrected chi connectivity index (χ3v) is 3.52. The van der Waals surface area contributed by atoms with E-state index >= 15 is 0 Å². The summed E-state index contributed by atoms with van der Waals surface area (Å²) < 4.78 is 0. The van der Waals surface area contributed by atoms with Gasteiger partial charge in [0.2, 0.25) is 11.8 Å². The highest BCUT2D eigenvalue weighted by atomic mass is 16.2. The number of hydrogen-bond acceptors (Lipinski definition) is 3. The van der Waals surface area contributed by atoms with Crippen molar-refractivity contribution in [1.82, 2.24) is 10.2 Å². The van der Waals surface area contributed by atoms with Crippen LogP contribution < -0.4 is 11.1 Å². The maximum atomic E-state index is 11.9. The molecule has 1 heterocycles. The van der Waals surface area contributed by atoms with Crippen molar-refractivity contribution in [3.63, 3.8) is 0 Å². The fourth-order valence-electron chi connectivity index (χ4n) is 2.47. The summed E-state index contributed by atoms with van der Waals surface area (Å²) in [5, 5.41) is 2.53. The van der Waals surface area contributed by atoms with E-state index in [0.717, 1.165) is 31.8 Å². The summed E-state index contributed by atoms with van der Waals surface area (Å²) in [7, 11) is 0. The highest BCUT2D eigenvalue weighted by molar-refractivity contribution is 5.85. The number of carbonyl (C=O) groups is 2. The number of likely N-dealkylation sites (tertiary alicyclic amines) is 1. The molecule has 1 aliphatic heterocycles. The molecule has 3 N–H and O–H groups in total. The Kier molecular flexibility index (Phi) is 6.72. The average Bonchev–Trinajstić information content (AvgIpc) is 2.61. The van der Waals surface area contributed by atoms with Crippen LogP contribution >= 0.6 is 0 Å². The lowest BCUT2D eigenvalue weighted by molar-refractivity contribution is -0.132. The maximum absolute atomic E-state index is 11.9. The molecule has 0 aromatic carbocycles. The van der Waals surface area contributed by atoms with Crippen LogP contribution in [0.2, 0.25) is 0 Å². The molecule has 0 aromatic heterocycles. The molecule has 0 radical (unpaired) electrons. The minimum absolute atomic E-state index is 0.00829. The molecule has 104 valence electrons. The first-order chi connectivity index (χ1) is 8.67. The van der Waals surface area contributed by atoms with Crippen molar-refractivity contribution in [3.05, 3.63) is 0 Å². The van der Waals surface area contributed by atoms with Crippen molar-refractivity contribution in [2.75, 3.05) is 26.2 Å². The number of nitrogens with one attached hydrogen (secondary N) is 1. The first kappa shape index (κ1) is 15.0. The van der Waals surface area contributed by atoms with E-state index in [0.29, 0.717) is 0 Å². The van der Waals surface area contributed by atoms with Crippen molar-refractivity contribution >= 4 is 11.8 Å². The summed E-state index contributed by atoms with van der Waals surface area (Å²) >= 11 is 0. The lowest BCUT2D eigenvalue weighted by atomic mass is 9.96. The number of nitrogens with two attached hydrogens (primary N) is 1. The van der Waals surface area contributed by atoms with Crippen LogP contribution in [0.5, 0.6) is 0 Å². The second-order valence-electron chi connectivity index (χ2n) is 4.95. The zero-order valence-electron chi connectivity index (χ0n) is 11.3. The first-order valence-corrected chi connectivity index (χ1v) is 6.92. The predicted octanol–water partition coefficient (Wildman–Crippen LogP) is 0.490. The molecule has 1 saturated heterocycles. The normalized spacial score (nSPS) is 20.3. The van der Waals surface area contributed by atoms with Crippen molar-refractivity contribution < 1.29 is 9.59 Å². The number of amides is 2. The lowest BCUT2D eigenvalue weighted by Crippen LogP contribution is -2.42. The Morgan fingerprint density at radius 2 is 2.11 bits per heavy atom. The molecule has 1 fully saturated rings. The third kappa shape index (κ3) is 5.04. The zero-order chi connectivity index (χ0) is 13.4. The summed E-state index contributed by atoms with van der Waals surface area (Å²) in [6, 6.07) is 0. The van der Waals surface area contributed by atoms with Gasteiger partial charge in [-0.25, -0.2) is 0 Å². The largest absolute Gasteiger partial charge is 0.346 e. The van der Waals surface area contributed by atoms with E-state index in [9.17, 15) is 9.59 Å². The van der Waals surface area contributed by atoms with Crippen LogP contribution in [0.1, 0.15) is 39.0 Å². The molecule has 0 spiro atoms. The molecule has 1 rings (SSSR count). The van der Waals surface area contributed by atoms with Gasteiger partial charge in [-0.3, -0.25) is 9.59 Å². The molecule has 1 aliphatic rings. The zero-order valence-corrected chi connectivity index (χ0v) is 11.3. The van der Waals surface area contributed by atoms with E-state index in [1.807, 2.05) is 4.90 Å². The van der Waals surface area contributed by atoms with Gasteiger partial charge >= 0.3 is 0 Å². The molecule has 1 atom stereocenters. The summed E-state index contributed by atoms with van der Waals surface area (Å²) in [6.07, 6.45) is 5.84. The maximum Gasteiger partial charge on any atom is 0.241 e. The fourth-order valence-corrected chi connectivity index (χ4v) is 2.47. The van der Waals surface area contributed by atoms with Crippen LogP contribution in [0.3, 0.4) is 0 Å². The SMILES string of the molecule is CCCC1CCCN(C(=O)CNC(=O)CN)CC1. The highest BCUT2D eigenvalue weighted by Crippen LogP contribution is 2.21. The Bertz CT molecular complexity index is 281. The van der Waals surface area contributed by atoms with Crippen molar-refractivity contribution in [2.24, 2.45) is 11.7 Å². The minimum atomic E-state index is -0.276. The van der Waals surface area contributed by atoms with Crippen LogP contribution in [-0.4, -0.2) is 42.9 Å². The molecule has 18 heavy (non-hydrogen) atoms. The number of hydrogen-bond donors (Lipinski definition) is 2. The summed E-state index contributed by atoms with van der Waals surface area (Å²) in [6.45, 7) is 3.86. The van der Waals surface area contributed by atoms with E-state index in [1.54, 1.807) is 0 Å². The van der Waals surface area contributed by atoms with Gasteiger partial charge < -0.3 is 16.0 Å². The van der Waals surface area contributed by atoms with Gasteiger partial charge in [0.05, 0.1) is 13.1 Å². The number of rotatable bonds is 5. The number of nitrogens with zero attached hydrogens (tertiary/aromatic N) is 1. The fraction of sp³-hybridized carbons (Fsp3) is 0.846. The highest BCUT2D eigenvalue weighted by Gasteiger charge is 2.20. The Morgan fingerprint density at radius 3 is 2.78 bits per heavy atom. The third-order valence-electron chi connectivity index (χ3n) is 3.52. The quantitative estimate of drug-likeness (QED) is 0.750.